The van der Waals surface area contributed by atoms with Crippen LogP contribution in [0.4, 0.5) is 0 Å². The monoisotopic (exact) mass is 191 g/mol. The molecule has 1 nitrogen and oxygen atoms in total. The minimum Gasteiger partial charge on any atom is -0.264 e. The van der Waals surface area contributed by atoms with Crippen molar-refractivity contribution >= 4 is 0 Å². The van der Waals surface area contributed by atoms with Gasteiger partial charge in [-0.1, -0.05) is 27.7 Å². The molecular weight excluding hydrogens is 170 g/mol. The van der Waals surface area contributed by atoms with Gasteiger partial charge in [0.2, 0.25) is 0 Å². The molecule has 1 aromatic heterocycles. The van der Waals surface area contributed by atoms with E-state index in [1.54, 1.807) is 5.56 Å². The number of hydrogen-bond acceptors (Lipinski definition) is 1. The summed E-state index contributed by atoms with van der Waals surface area (Å²) in [6.45, 7) is 8.61. The van der Waals surface area contributed by atoms with Crippen molar-refractivity contribution in [1.29, 1.82) is 0 Å². The lowest BCUT2D eigenvalue weighted by atomic mass is 9.91. The summed E-state index contributed by atoms with van der Waals surface area (Å²) in [5.74, 6) is 1.55. The second-order valence-corrected chi connectivity index (χ2v) is 3.96. The molecule has 1 unspecified atom stereocenters. The van der Waals surface area contributed by atoms with Crippen LogP contribution in [0, 0.1) is 5.92 Å². The molecule has 14 heavy (non-hydrogen) atoms. The van der Waals surface area contributed by atoms with E-state index in [-0.39, 0.29) is 0 Å². The van der Waals surface area contributed by atoms with Crippen molar-refractivity contribution in [2.24, 2.45) is 5.92 Å². The third kappa shape index (κ3) is 2.14. The van der Waals surface area contributed by atoms with Crippen LogP contribution in [0.25, 0.3) is 0 Å². The lowest BCUT2D eigenvalue weighted by Gasteiger charge is -2.14. The molecule has 0 spiro atoms. The van der Waals surface area contributed by atoms with Crippen LogP contribution in [0.3, 0.4) is 0 Å². The Balaban J connectivity index is 0.000000461. The van der Waals surface area contributed by atoms with Crippen molar-refractivity contribution in [3.63, 3.8) is 0 Å². The van der Waals surface area contributed by atoms with Gasteiger partial charge < -0.3 is 0 Å². The van der Waals surface area contributed by atoms with Gasteiger partial charge in [-0.05, 0) is 41.9 Å². The minimum atomic E-state index is 0.772. The van der Waals surface area contributed by atoms with Gasteiger partial charge in [-0.25, -0.2) is 0 Å². The predicted octanol–water partition coefficient (Wildman–Crippen LogP) is 3.79. The fraction of sp³-hybridized carbons (Fsp3) is 0.615. The lowest BCUT2D eigenvalue weighted by molar-refractivity contribution is 0.496. The van der Waals surface area contributed by atoms with E-state index in [4.69, 9.17) is 0 Å². The number of nitrogens with zero attached hydrogens (tertiary/aromatic N) is 1. The van der Waals surface area contributed by atoms with Crippen LogP contribution in [0.1, 0.15) is 51.2 Å². The van der Waals surface area contributed by atoms with Gasteiger partial charge in [0.15, 0.2) is 0 Å². The molecule has 0 saturated heterocycles. The molecule has 0 aromatic carbocycles. The maximum Gasteiger partial charge on any atom is 0.0302 e. The number of fused-ring (bicyclic) bond motifs is 1. The van der Waals surface area contributed by atoms with Gasteiger partial charge in [0, 0.05) is 12.4 Å². The van der Waals surface area contributed by atoms with Gasteiger partial charge in [0.1, 0.15) is 0 Å². The van der Waals surface area contributed by atoms with E-state index < -0.39 is 0 Å². The van der Waals surface area contributed by atoms with Crippen molar-refractivity contribution in [2.45, 2.75) is 46.5 Å². The largest absolute Gasteiger partial charge is 0.264 e. The average molecular weight is 191 g/mol. The van der Waals surface area contributed by atoms with Crippen molar-refractivity contribution < 1.29 is 0 Å². The van der Waals surface area contributed by atoms with Crippen LogP contribution in [-0.4, -0.2) is 4.98 Å². The first kappa shape index (κ1) is 11.2. The molecular formula is C13H21N. The first-order valence-corrected chi connectivity index (χ1v) is 5.72. The number of aromatic nitrogens is 1. The maximum absolute atomic E-state index is 4.15. The molecule has 78 valence electrons. The summed E-state index contributed by atoms with van der Waals surface area (Å²) in [5.41, 5.74) is 3.01. The van der Waals surface area contributed by atoms with Crippen LogP contribution in [0.15, 0.2) is 18.5 Å². The second kappa shape index (κ2) is 5.14. The Hall–Kier alpha value is -0.850. The van der Waals surface area contributed by atoms with E-state index in [0.29, 0.717) is 0 Å². The Kier molecular flexibility index (Phi) is 4.12. The molecule has 0 fully saturated rings. The van der Waals surface area contributed by atoms with Gasteiger partial charge in [0.05, 0.1) is 0 Å². The minimum absolute atomic E-state index is 0.772. The van der Waals surface area contributed by atoms with E-state index in [9.17, 15) is 0 Å². The van der Waals surface area contributed by atoms with Crippen molar-refractivity contribution in [2.75, 3.05) is 0 Å². The molecule has 1 atom stereocenters. The van der Waals surface area contributed by atoms with Crippen molar-refractivity contribution in [3.05, 3.63) is 29.6 Å². The molecule has 1 aromatic rings. The van der Waals surface area contributed by atoms with E-state index in [2.05, 4.69) is 24.9 Å². The summed E-state index contributed by atoms with van der Waals surface area (Å²) < 4.78 is 0. The first-order valence-electron chi connectivity index (χ1n) is 5.72. The maximum atomic E-state index is 4.15. The molecule has 2 rings (SSSR count). The Labute approximate surface area is 87.6 Å². The summed E-state index contributed by atoms with van der Waals surface area (Å²) >= 11 is 0. The molecule has 1 heterocycles. The van der Waals surface area contributed by atoms with Crippen LogP contribution < -0.4 is 0 Å². The molecule has 1 aliphatic carbocycles. The summed E-state index contributed by atoms with van der Waals surface area (Å²) in [6, 6.07) is 2.19. The zero-order valence-electron chi connectivity index (χ0n) is 9.75. The summed E-state index contributed by atoms with van der Waals surface area (Å²) in [6.07, 6.45) is 6.49. The molecule has 0 amide bonds. The van der Waals surface area contributed by atoms with Gasteiger partial charge in [-0.3, -0.25) is 4.98 Å². The molecule has 1 heteroatoms. The Morgan fingerprint density at radius 3 is 2.71 bits per heavy atom. The van der Waals surface area contributed by atoms with Crippen LogP contribution in [0.2, 0.25) is 0 Å². The highest BCUT2D eigenvalue weighted by Crippen LogP contribution is 2.37. The Morgan fingerprint density at radius 2 is 2.07 bits per heavy atom. The van der Waals surface area contributed by atoms with Crippen molar-refractivity contribution in [3.8, 4) is 0 Å². The third-order valence-corrected chi connectivity index (χ3v) is 2.87. The zero-order valence-corrected chi connectivity index (χ0v) is 9.75. The standard InChI is InChI=1S/C11H15N.C2H6/c1-8(2)10-4-3-9-7-12-6-5-11(9)10;1-2/h5-8,10H,3-4H2,1-2H3;1-2H3. The van der Waals surface area contributed by atoms with Gasteiger partial charge in [0.25, 0.3) is 0 Å². The Bertz CT molecular complexity index is 278. The van der Waals surface area contributed by atoms with Gasteiger partial charge in [-0.2, -0.15) is 0 Å². The molecule has 0 saturated carbocycles. The van der Waals surface area contributed by atoms with Crippen LogP contribution in [-0.2, 0) is 6.42 Å². The quantitative estimate of drug-likeness (QED) is 0.658. The lowest BCUT2D eigenvalue weighted by Crippen LogP contribution is -2.01. The van der Waals surface area contributed by atoms with Gasteiger partial charge >= 0.3 is 0 Å². The fourth-order valence-electron chi connectivity index (χ4n) is 2.17. The normalized spacial score (nSPS) is 18.8. The molecule has 0 aliphatic heterocycles. The smallest absolute Gasteiger partial charge is 0.0302 e. The number of hydrogen-bond donors (Lipinski definition) is 0. The van der Waals surface area contributed by atoms with Crippen LogP contribution >= 0.6 is 0 Å². The van der Waals surface area contributed by atoms with E-state index in [1.165, 1.54) is 18.4 Å². The summed E-state index contributed by atoms with van der Waals surface area (Å²) in [7, 11) is 0. The molecule has 1 aliphatic rings. The fourth-order valence-corrected chi connectivity index (χ4v) is 2.17. The summed E-state index contributed by atoms with van der Waals surface area (Å²) in [5, 5.41) is 0. The number of aryl methyl sites for hydroxylation is 1. The highest BCUT2D eigenvalue weighted by Gasteiger charge is 2.24. The number of rotatable bonds is 1. The highest BCUT2D eigenvalue weighted by atomic mass is 14.6. The van der Waals surface area contributed by atoms with Gasteiger partial charge in [-0.15, -0.1) is 0 Å². The van der Waals surface area contributed by atoms with Crippen LogP contribution in [0.5, 0.6) is 0 Å². The molecule has 0 bridgehead atoms. The zero-order chi connectivity index (χ0) is 10.6. The Morgan fingerprint density at radius 1 is 1.36 bits per heavy atom. The second-order valence-electron chi connectivity index (χ2n) is 3.96. The predicted molar refractivity (Wildman–Crippen MR) is 61.5 cm³/mol. The molecule has 0 radical (unpaired) electrons. The highest BCUT2D eigenvalue weighted by molar-refractivity contribution is 5.32. The van der Waals surface area contributed by atoms with Crippen molar-refractivity contribution in [1.82, 2.24) is 4.98 Å². The number of pyridine rings is 1. The topological polar surface area (TPSA) is 12.9 Å². The van der Waals surface area contributed by atoms with E-state index in [1.807, 2.05) is 26.2 Å². The average Bonchev–Trinajstić information content (AvgIpc) is 2.64. The first-order chi connectivity index (χ1) is 6.79. The van der Waals surface area contributed by atoms with E-state index >= 15 is 0 Å². The third-order valence-electron chi connectivity index (χ3n) is 2.87. The van der Waals surface area contributed by atoms with E-state index in [0.717, 1.165) is 11.8 Å². The summed E-state index contributed by atoms with van der Waals surface area (Å²) in [4.78, 5) is 4.15. The molecule has 0 N–H and O–H groups in total. The SMILES string of the molecule is CC.CC(C)C1CCc2cnccc21.